The summed E-state index contributed by atoms with van der Waals surface area (Å²) in [5, 5.41) is 24.3. The fourth-order valence-electron chi connectivity index (χ4n) is 2.18. The maximum atomic E-state index is 12.0. The predicted molar refractivity (Wildman–Crippen MR) is 91.3 cm³/mol. The van der Waals surface area contributed by atoms with Gasteiger partial charge >= 0.3 is 0 Å². The Bertz CT molecular complexity index is 719. The molecule has 0 amide bonds. The van der Waals surface area contributed by atoms with Crippen LogP contribution in [0.5, 0.6) is 0 Å². The molecule has 2 aromatic rings. The van der Waals surface area contributed by atoms with Crippen molar-refractivity contribution in [1.82, 2.24) is 5.32 Å². The van der Waals surface area contributed by atoms with Gasteiger partial charge in [0.25, 0.3) is 5.69 Å². The van der Waals surface area contributed by atoms with E-state index in [2.05, 4.69) is 5.32 Å². The van der Waals surface area contributed by atoms with Gasteiger partial charge in [0, 0.05) is 42.2 Å². The molecule has 0 heterocycles. The molecule has 0 spiro atoms. The van der Waals surface area contributed by atoms with Gasteiger partial charge in [-0.2, -0.15) is 0 Å². The number of nitro benzene ring substituents is 1. The van der Waals surface area contributed by atoms with Crippen molar-refractivity contribution >= 4 is 23.1 Å². The lowest BCUT2D eigenvalue weighted by Gasteiger charge is -2.12. The number of Topliss-reactive ketones (excluding diaryl/α,β-unsaturated/α-hetero) is 1. The molecule has 7 heteroatoms. The first-order valence-corrected chi connectivity index (χ1v) is 7.77. The zero-order chi connectivity index (χ0) is 17.5. The van der Waals surface area contributed by atoms with Gasteiger partial charge in [-0.3, -0.25) is 14.9 Å². The van der Waals surface area contributed by atoms with Crippen LogP contribution in [0.3, 0.4) is 0 Å². The summed E-state index contributed by atoms with van der Waals surface area (Å²) in [6, 6.07) is 12.5. The summed E-state index contributed by atoms with van der Waals surface area (Å²) in [4.78, 5) is 22.2. The first-order valence-electron chi connectivity index (χ1n) is 7.39. The Morgan fingerprint density at radius 1 is 1.25 bits per heavy atom. The molecule has 0 bridgehead atoms. The van der Waals surface area contributed by atoms with Crippen molar-refractivity contribution in [3.05, 3.63) is 74.8 Å². The van der Waals surface area contributed by atoms with E-state index in [1.54, 1.807) is 30.3 Å². The molecule has 126 valence electrons. The van der Waals surface area contributed by atoms with Crippen LogP contribution >= 0.6 is 11.6 Å². The number of nitrogens with zero attached hydrogens (tertiary/aromatic N) is 1. The number of rotatable bonds is 8. The van der Waals surface area contributed by atoms with E-state index in [9.17, 15) is 20.0 Å². The molecular weight excluding hydrogens is 332 g/mol. The normalized spacial score (nSPS) is 11.9. The molecule has 1 unspecified atom stereocenters. The molecular formula is C17H17ClN2O4. The number of hydrogen-bond acceptors (Lipinski definition) is 5. The molecule has 0 saturated carbocycles. The third-order valence-corrected chi connectivity index (χ3v) is 3.75. The Hall–Kier alpha value is -2.28. The molecule has 0 saturated heterocycles. The highest BCUT2D eigenvalue weighted by Crippen LogP contribution is 2.16. The zero-order valence-corrected chi connectivity index (χ0v) is 13.6. The Kier molecular flexibility index (Phi) is 6.43. The van der Waals surface area contributed by atoms with Crippen molar-refractivity contribution in [2.24, 2.45) is 0 Å². The van der Waals surface area contributed by atoms with Crippen LogP contribution in [0.25, 0.3) is 0 Å². The van der Waals surface area contributed by atoms with Gasteiger partial charge in [-0.15, -0.1) is 0 Å². The molecule has 0 aliphatic heterocycles. The third kappa shape index (κ3) is 5.13. The molecule has 0 aliphatic carbocycles. The van der Waals surface area contributed by atoms with E-state index in [4.69, 9.17) is 11.6 Å². The van der Waals surface area contributed by atoms with Gasteiger partial charge in [0.05, 0.1) is 11.0 Å². The summed E-state index contributed by atoms with van der Waals surface area (Å²) in [5.74, 6) is -0.188. The van der Waals surface area contributed by atoms with E-state index in [-0.39, 0.29) is 17.9 Å². The largest absolute Gasteiger partial charge is 0.387 e. The number of nitro groups is 1. The Labute approximate surface area is 144 Å². The van der Waals surface area contributed by atoms with E-state index in [1.165, 1.54) is 18.2 Å². The molecule has 2 rings (SSSR count). The highest BCUT2D eigenvalue weighted by molar-refractivity contribution is 6.30. The van der Waals surface area contributed by atoms with Crippen LogP contribution in [0.2, 0.25) is 5.02 Å². The van der Waals surface area contributed by atoms with Crippen LogP contribution in [-0.4, -0.2) is 28.9 Å². The molecule has 0 fully saturated rings. The Balaban J connectivity index is 1.79. The molecule has 6 nitrogen and oxygen atoms in total. The van der Waals surface area contributed by atoms with E-state index in [0.29, 0.717) is 23.7 Å². The third-order valence-electron chi connectivity index (χ3n) is 3.50. The quantitative estimate of drug-likeness (QED) is 0.331. The van der Waals surface area contributed by atoms with Crippen molar-refractivity contribution in [2.45, 2.75) is 12.5 Å². The van der Waals surface area contributed by atoms with Gasteiger partial charge in [-0.1, -0.05) is 35.9 Å². The van der Waals surface area contributed by atoms with Gasteiger partial charge in [-0.05, 0) is 17.7 Å². The number of benzene rings is 2. The second-order valence-electron chi connectivity index (χ2n) is 5.25. The van der Waals surface area contributed by atoms with E-state index >= 15 is 0 Å². The number of non-ortho nitro benzene ring substituents is 1. The van der Waals surface area contributed by atoms with Crippen molar-refractivity contribution in [2.75, 3.05) is 13.1 Å². The fourth-order valence-corrected chi connectivity index (χ4v) is 2.31. The van der Waals surface area contributed by atoms with Crippen molar-refractivity contribution < 1.29 is 14.8 Å². The van der Waals surface area contributed by atoms with Crippen molar-refractivity contribution in [3.8, 4) is 0 Å². The number of carbonyl (C=O) groups is 1. The fraction of sp³-hybridized carbons (Fsp3) is 0.235. The summed E-state index contributed by atoms with van der Waals surface area (Å²) >= 11 is 5.79. The molecule has 24 heavy (non-hydrogen) atoms. The highest BCUT2D eigenvalue weighted by Gasteiger charge is 2.12. The molecule has 0 aliphatic rings. The molecule has 0 radical (unpaired) electrons. The number of halogens is 1. The molecule has 2 N–H and O–H groups in total. The van der Waals surface area contributed by atoms with Crippen LogP contribution < -0.4 is 5.32 Å². The first-order chi connectivity index (χ1) is 11.5. The maximum absolute atomic E-state index is 12.0. The van der Waals surface area contributed by atoms with Gasteiger partial charge in [-0.25, -0.2) is 0 Å². The number of aliphatic hydroxyl groups is 1. The van der Waals surface area contributed by atoms with Gasteiger partial charge in [0.1, 0.15) is 0 Å². The maximum Gasteiger partial charge on any atom is 0.270 e. The Morgan fingerprint density at radius 2 is 1.96 bits per heavy atom. The van der Waals surface area contributed by atoms with Crippen LogP contribution in [-0.2, 0) is 0 Å². The first kappa shape index (κ1) is 18.1. The molecule has 2 aromatic carbocycles. The summed E-state index contributed by atoms with van der Waals surface area (Å²) < 4.78 is 0. The lowest BCUT2D eigenvalue weighted by atomic mass is 10.1. The minimum atomic E-state index is -0.699. The van der Waals surface area contributed by atoms with Crippen molar-refractivity contribution in [1.29, 1.82) is 0 Å². The molecule has 0 aromatic heterocycles. The molecule has 1 atom stereocenters. The predicted octanol–water partition coefficient (Wildman–Crippen LogP) is 3.14. The number of ketones is 1. The van der Waals surface area contributed by atoms with Crippen molar-refractivity contribution in [3.63, 3.8) is 0 Å². The zero-order valence-electron chi connectivity index (χ0n) is 12.8. The topological polar surface area (TPSA) is 92.5 Å². The standard InChI is InChI=1S/C17H17ClN2O4/c18-14-6-4-12(5-7-14)17(22)11-19-9-8-16(21)13-2-1-3-15(10-13)20(23)24/h1-7,10,17,19,22H,8-9,11H2. The van der Waals surface area contributed by atoms with Gasteiger partial charge in [0.15, 0.2) is 5.78 Å². The van der Waals surface area contributed by atoms with Gasteiger partial charge < -0.3 is 10.4 Å². The van der Waals surface area contributed by atoms with Crippen LogP contribution in [0.4, 0.5) is 5.69 Å². The minimum Gasteiger partial charge on any atom is -0.387 e. The Morgan fingerprint density at radius 3 is 2.62 bits per heavy atom. The summed E-state index contributed by atoms with van der Waals surface area (Å²) in [6.45, 7) is 0.663. The number of aliphatic hydroxyl groups excluding tert-OH is 1. The lowest BCUT2D eigenvalue weighted by molar-refractivity contribution is -0.384. The van der Waals surface area contributed by atoms with Crippen LogP contribution in [0.1, 0.15) is 28.4 Å². The van der Waals surface area contributed by atoms with E-state index in [0.717, 1.165) is 5.56 Å². The summed E-state index contributed by atoms with van der Waals surface area (Å²) in [7, 11) is 0. The monoisotopic (exact) mass is 348 g/mol. The summed E-state index contributed by atoms with van der Waals surface area (Å²) in [6.07, 6.45) is -0.510. The number of nitrogens with one attached hydrogen (secondary N) is 1. The lowest BCUT2D eigenvalue weighted by Crippen LogP contribution is -2.24. The summed E-state index contributed by atoms with van der Waals surface area (Å²) in [5.41, 5.74) is 0.938. The van der Waals surface area contributed by atoms with Crippen LogP contribution in [0.15, 0.2) is 48.5 Å². The van der Waals surface area contributed by atoms with E-state index < -0.39 is 11.0 Å². The SMILES string of the molecule is O=C(CCNCC(O)c1ccc(Cl)cc1)c1cccc([N+](=O)[O-])c1. The smallest absolute Gasteiger partial charge is 0.270 e. The van der Waals surface area contributed by atoms with Crippen LogP contribution in [0, 0.1) is 10.1 Å². The second-order valence-corrected chi connectivity index (χ2v) is 5.69. The average molecular weight is 349 g/mol. The average Bonchev–Trinajstić information content (AvgIpc) is 2.59. The highest BCUT2D eigenvalue weighted by atomic mass is 35.5. The second kappa shape index (κ2) is 8.54. The number of carbonyl (C=O) groups excluding carboxylic acids is 1. The number of hydrogen-bond donors (Lipinski definition) is 2. The van der Waals surface area contributed by atoms with Gasteiger partial charge in [0.2, 0.25) is 0 Å². The van der Waals surface area contributed by atoms with E-state index in [1.807, 2.05) is 0 Å². The minimum absolute atomic E-state index is 0.105.